The van der Waals surface area contributed by atoms with Gasteiger partial charge in [0.15, 0.2) is 0 Å². The lowest BCUT2D eigenvalue weighted by Crippen LogP contribution is -2.47. The third-order valence-corrected chi connectivity index (χ3v) is 6.05. The van der Waals surface area contributed by atoms with Crippen LogP contribution in [0.2, 0.25) is 0 Å². The minimum Gasteiger partial charge on any atom is -0.383 e. The Balaban J connectivity index is 1.52. The van der Waals surface area contributed by atoms with Gasteiger partial charge in [0.1, 0.15) is 18.1 Å². The van der Waals surface area contributed by atoms with Crippen molar-refractivity contribution in [2.24, 2.45) is 10.2 Å². The number of nitrogens with two attached hydrogens (primary N) is 1. The molecule has 0 aliphatic carbocycles. The third-order valence-electron chi connectivity index (χ3n) is 6.05. The number of aromatic nitrogens is 2. The number of benzene rings is 2. The predicted octanol–water partition coefficient (Wildman–Crippen LogP) is 4.05. The zero-order valence-corrected chi connectivity index (χ0v) is 20.4. The van der Waals surface area contributed by atoms with Gasteiger partial charge in [0.2, 0.25) is 5.91 Å². The third kappa shape index (κ3) is 5.70. The van der Waals surface area contributed by atoms with Crippen LogP contribution in [0.15, 0.2) is 74.4 Å². The number of azo groups is 1. The summed E-state index contributed by atoms with van der Waals surface area (Å²) in [5, 5.41) is 11.1. The minimum atomic E-state index is -0.577. The van der Waals surface area contributed by atoms with Crippen molar-refractivity contribution in [3.63, 3.8) is 0 Å². The smallest absolute Gasteiger partial charge is 0.333 e. The first kappa shape index (κ1) is 24.9. The number of rotatable bonds is 8. The van der Waals surface area contributed by atoms with E-state index in [2.05, 4.69) is 15.5 Å². The molecular weight excluding hydrogens is 458 g/mol. The summed E-state index contributed by atoms with van der Waals surface area (Å²) >= 11 is 0. The van der Waals surface area contributed by atoms with Gasteiger partial charge in [-0.25, -0.2) is 9.36 Å². The second kappa shape index (κ2) is 11.5. The van der Waals surface area contributed by atoms with Crippen molar-refractivity contribution in [3.8, 4) is 0 Å². The number of nitrogens with zero attached hydrogens (tertiary/aromatic N) is 5. The average Bonchev–Trinajstić information content (AvgIpc) is 2.90. The van der Waals surface area contributed by atoms with Crippen LogP contribution in [0.4, 0.5) is 28.6 Å². The van der Waals surface area contributed by atoms with Crippen LogP contribution in [0.1, 0.15) is 32.6 Å². The number of nitrogens with one attached hydrogen (secondary N) is 1. The standard InChI is InChI=1S/C26H31N7O3/c1-2-15-32-24(27)23(31-16-7-4-8-17-31)25(35)33(26(32)36)18-22(34)28-19-11-13-21(14-12-19)30-29-20-9-5-3-6-10-20/h3,5-6,9-14H,2,4,7-8,15-18,27H2,1H3,(H,28,34). The van der Waals surface area contributed by atoms with Gasteiger partial charge < -0.3 is 16.0 Å². The van der Waals surface area contributed by atoms with E-state index >= 15 is 0 Å². The number of anilines is 3. The Kier molecular flexibility index (Phi) is 7.94. The average molecular weight is 490 g/mol. The van der Waals surface area contributed by atoms with E-state index in [1.54, 1.807) is 24.3 Å². The highest BCUT2D eigenvalue weighted by Crippen LogP contribution is 2.22. The summed E-state index contributed by atoms with van der Waals surface area (Å²) in [6.07, 6.45) is 3.66. The Labute approximate surface area is 209 Å². The molecule has 0 radical (unpaired) electrons. The molecule has 10 nitrogen and oxygen atoms in total. The largest absolute Gasteiger partial charge is 0.383 e. The van der Waals surface area contributed by atoms with E-state index in [0.29, 0.717) is 43.1 Å². The van der Waals surface area contributed by atoms with Crippen LogP contribution in [0.3, 0.4) is 0 Å². The van der Waals surface area contributed by atoms with Gasteiger partial charge in [-0.2, -0.15) is 10.2 Å². The topological polar surface area (TPSA) is 127 Å². The number of piperidine rings is 1. The molecule has 188 valence electrons. The van der Waals surface area contributed by atoms with Crippen LogP contribution < -0.4 is 27.2 Å². The zero-order valence-electron chi connectivity index (χ0n) is 20.4. The van der Waals surface area contributed by atoms with E-state index in [4.69, 9.17) is 5.73 Å². The number of carbonyl (C=O) groups is 1. The normalized spacial score (nSPS) is 13.8. The van der Waals surface area contributed by atoms with Crippen LogP contribution >= 0.6 is 0 Å². The minimum absolute atomic E-state index is 0.172. The van der Waals surface area contributed by atoms with Gasteiger partial charge >= 0.3 is 5.69 Å². The van der Waals surface area contributed by atoms with Crippen molar-refractivity contribution >= 4 is 34.5 Å². The number of hydrogen-bond donors (Lipinski definition) is 2. The second-order valence-corrected chi connectivity index (χ2v) is 8.74. The number of hydrogen-bond acceptors (Lipinski definition) is 7. The van der Waals surface area contributed by atoms with Crippen molar-refractivity contribution in [1.82, 2.24) is 9.13 Å². The summed E-state index contributed by atoms with van der Waals surface area (Å²) in [5.74, 6) is -0.309. The summed E-state index contributed by atoms with van der Waals surface area (Å²) in [5.41, 5.74) is 7.38. The van der Waals surface area contributed by atoms with Crippen molar-refractivity contribution in [2.75, 3.05) is 29.0 Å². The monoisotopic (exact) mass is 489 g/mol. The summed E-state index contributed by atoms with van der Waals surface area (Å²) in [7, 11) is 0. The van der Waals surface area contributed by atoms with Crippen molar-refractivity contribution < 1.29 is 4.79 Å². The molecule has 1 aliphatic heterocycles. The van der Waals surface area contributed by atoms with E-state index in [1.165, 1.54) is 4.57 Å². The maximum Gasteiger partial charge on any atom is 0.333 e. The van der Waals surface area contributed by atoms with E-state index in [0.717, 1.165) is 29.5 Å². The molecule has 10 heteroatoms. The molecule has 0 spiro atoms. The molecule has 2 heterocycles. The van der Waals surface area contributed by atoms with Crippen molar-refractivity contribution in [1.29, 1.82) is 0 Å². The number of nitrogen functional groups attached to an aromatic ring is 1. The van der Waals surface area contributed by atoms with Crippen LogP contribution in [-0.2, 0) is 17.9 Å². The van der Waals surface area contributed by atoms with Crippen molar-refractivity contribution in [3.05, 3.63) is 75.4 Å². The highest BCUT2D eigenvalue weighted by Gasteiger charge is 2.24. The summed E-state index contributed by atoms with van der Waals surface area (Å²) in [4.78, 5) is 41.1. The lowest BCUT2D eigenvalue weighted by molar-refractivity contribution is -0.116. The molecule has 36 heavy (non-hydrogen) atoms. The maximum atomic E-state index is 13.3. The highest BCUT2D eigenvalue weighted by atomic mass is 16.2. The van der Waals surface area contributed by atoms with Gasteiger partial charge in [0, 0.05) is 25.3 Å². The molecule has 1 amide bonds. The molecule has 0 bridgehead atoms. The predicted molar refractivity (Wildman–Crippen MR) is 141 cm³/mol. The van der Waals surface area contributed by atoms with E-state index in [1.807, 2.05) is 42.2 Å². The number of amides is 1. The molecular formula is C26H31N7O3. The molecule has 1 saturated heterocycles. The fraction of sp³-hybridized carbons (Fsp3) is 0.346. The SMILES string of the molecule is CCCn1c(N)c(N2CCCCC2)c(=O)n(CC(=O)Nc2ccc(N=Nc3ccccc3)cc2)c1=O. The maximum absolute atomic E-state index is 13.3. The van der Waals surface area contributed by atoms with Gasteiger partial charge in [-0.05, 0) is 62.1 Å². The van der Waals surface area contributed by atoms with E-state index in [9.17, 15) is 14.4 Å². The first-order chi connectivity index (χ1) is 17.5. The lowest BCUT2D eigenvalue weighted by atomic mass is 10.1. The summed E-state index contributed by atoms with van der Waals surface area (Å²) in [6.45, 7) is 3.29. The molecule has 0 unspecified atom stereocenters. The fourth-order valence-electron chi connectivity index (χ4n) is 4.26. The molecule has 3 aromatic rings. The van der Waals surface area contributed by atoms with Gasteiger partial charge in [-0.1, -0.05) is 25.1 Å². The molecule has 0 atom stereocenters. The first-order valence-corrected chi connectivity index (χ1v) is 12.2. The number of carbonyl (C=O) groups excluding carboxylic acids is 1. The van der Waals surface area contributed by atoms with Gasteiger partial charge in [-0.15, -0.1) is 0 Å². The Bertz CT molecular complexity index is 1340. The lowest BCUT2D eigenvalue weighted by Gasteiger charge is -2.30. The van der Waals surface area contributed by atoms with E-state index < -0.39 is 23.7 Å². The summed E-state index contributed by atoms with van der Waals surface area (Å²) < 4.78 is 2.37. The van der Waals surface area contributed by atoms with E-state index in [-0.39, 0.29) is 5.82 Å². The molecule has 2 aromatic carbocycles. The van der Waals surface area contributed by atoms with Crippen LogP contribution in [0.25, 0.3) is 0 Å². The van der Waals surface area contributed by atoms with Gasteiger partial charge in [0.05, 0.1) is 11.4 Å². The zero-order chi connectivity index (χ0) is 25.5. The van der Waals surface area contributed by atoms with Crippen LogP contribution in [0.5, 0.6) is 0 Å². The van der Waals surface area contributed by atoms with Crippen LogP contribution in [-0.4, -0.2) is 28.1 Å². The van der Waals surface area contributed by atoms with Gasteiger partial charge in [-0.3, -0.25) is 14.2 Å². The van der Waals surface area contributed by atoms with Crippen molar-refractivity contribution in [2.45, 2.75) is 45.7 Å². The summed E-state index contributed by atoms with van der Waals surface area (Å²) in [6, 6.07) is 16.2. The Hall–Kier alpha value is -4.21. The molecule has 1 aliphatic rings. The molecule has 4 rings (SSSR count). The second-order valence-electron chi connectivity index (χ2n) is 8.74. The quantitative estimate of drug-likeness (QED) is 0.462. The Morgan fingerprint density at radius 2 is 1.56 bits per heavy atom. The molecule has 1 aromatic heterocycles. The molecule has 1 fully saturated rings. The highest BCUT2D eigenvalue weighted by molar-refractivity contribution is 5.90. The fourth-order valence-corrected chi connectivity index (χ4v) is 4.26. The Morgan fingerprint density at radius 3 is 2.19 bits per heavy atom. The first-order valence-electron chi connectivity index (χ1n) is 12.2. The van der Waals surface area contributed by atoms with Gasteiger partial charge in [0.25, 0.3) is 5.56 Å². The molecule has 0 saturated carbocycles. The van der Waals surface area contributed by atoms with Crippen LogP contribution in [0, 0.1) is 0 Å². The molecule has 3 N–H and O–H groups in total. The Morgan fingerprint density at radius 1 is 0.917 bits per heavy atom.